The van der Waals surface area contributed by atoms with E-state index in [2.05, 4.69) is 25.2 Å². The van der Waals surface area contributed by atoms with E-state index in [0.29, 0.717) is 50.6 Å². The number of amides is 1. The third-order valence-corrected chi connectivity index (χ3v) is 8.41. The first-order valence-electron chi connectivity index (χ1n) is 17.0. The number of carbonyl (C=O) groups excluding carboxylic acids is 1. The highest BCUT2D eigenvalue weighted by Gasteiger charge is 2.29. The number of carboxylic acid groups (broad SMARTS) is 1. The molecule has 4 aromatic carbocycles. The van der Waals surface area contributed by atoms with Crippen LogP contribution in [0.4, 0.5) is 4.39 Å². The molecule has 1 aliphatic heterocycles. The molecule has 1 heterocycles. The summed E-state index contributed by atoms with van der Waals surface area (Å²) in [6, 6.07) is 24.3. The molecule has 0 bridgehead atoms. The Morgan fingerprint density at radius 2 is 1.67 bits per heavy atom. The van der Waals surface area contributed by atoms with Gasteiger partial charge in [-0.1, -0.05) is 68.8 Å². The maximum absolute atomic E-state index is 13.7. The van der Waals surface area contributed by atoms with E-state index in [-0.39, 0.29) is 24.7 Å². The van der Waals surface area contributed by atoms with Gasteiger partial charge in [0.15, 0.2) is 6.10 Å². The molecule has 0 saturated carbocycles. The molecule has 8 nitrogen and oxygen atoms in total. The lowest BCUT2D eigenvalue weighted by Crippen LogP contribution is -2.41. The number of ether oxygens (including phenoxy) is 4. The second kappa shape index (κ2) is 17.4. The molecular formula is C40H44FNO7. The summed E-state index contributed by atoms with van der Waals surface area (Å²) in [6.07, 6.45) is 3.37. The molecular weight excluding hydrogens is 625 g/mol. The summed E-state index contributed by atoms with van der Waals surface area (Å²) in [7, 11) is 0. The van der Waals surface area contributed by atoms with E-state index >= 15 is 0 Å². The fourth-order valence-electron chi connectivity index (χ4n) is 5.85. The van der Waals surface area contributed by atoms with Crippen molar-refractivity contribution in [1.82, 2.24) is 5.32 Å². The van der Waals surface area contributed by atoms with Crippen molar-refractivity contribution < 1.29 is 38.0 Å². The molecule has 258 valence electrons. The van der Waals surface area contributed by atoms with Gasteiger partial charge >= 0.3 is 5.97 Å². The second-order valence-electron chi connectivity index (χ2n) is 12.0. The van der Waals surface area contributed by atoms with Gasteiger partial charge in [-0.15, -0.1) is 0 Å². The van der Waals surface area contributed by atoms with Crippen molar-refractivity contribution in [3.05, 3.63) is 107 Å². The van der Waals surface area contributed by atoms with Gasteiger partial charge in [0.25, 0.3) is 5.91 Å². The first-order valence-corrected chi connectivity index (χ1v) is 17.0. The Labute approximate surface area is 287 Å². The number of fused-ring (bicyclic) bond motifs is 1. The minimum absolute atomic E-state index is 0.0636. The van der Waals surface area contributed by atoms with Crippen LogP contribution in [0.2, 0.25) is 0 Å². The largest absolute Gasteiger partial charge is 0.493 e. The van der Waals surface area contributed by atoms with Crippen LogP contribution in [0.5, 0.6) is 23.0 Å². The number of aryl methyl sites for hydroxylation is 2. The topological polar surface area (TPSA) is 103 Å². The number of rotatable bonds is 17. The van der Waals surface area contributed by atoms with Gasteiger partial charge in [0, 0.05) is 30.2 Å². The minimum atomic E-state index is -0.962. The van der Waals surface area contributed by atoms with Gasteiger partial charge in [-0.25, -0.2) is 4.39 Å². The van der Waals surface area contributed by atoms with Crippen molar-refractivity contribution in [3.63, 3.8) is 0 Å². The molecule has 1 amide bonds. The first-order chi connectivity index (χ1) is 23.9. The van der Waals surface area contributed by atoms with Gasteiger partial charge in [-0.3, -0.25) is 9.59 Å². The number of carbonyl (C=O) groups is 2. The maximum Gasteiger partial charge on any atom is 0.305 e. The lowest BCUT2D eigenvalue weighted by atomic mass is 9.96. The van der Waals surface area contributed by atoms with Gasteiger partial charge < -0.3 is 29.4 Å². The average molecular weight is 670 g/mol. The smallest absolute Gasteiger partial charge is 0.305 e. The summed E-state index contributed by atoms with van der Waals surface area (Å²) in [5.74, 6) is 1.25. The molecule has 0 aliphatic carbocycles. The average Bonchev–Trinajstić information content (AvgIpc) is 3.11. The van der Waals surface area contributed by atoms with Crippen LogP contribution >= 0.6 is 0 Å². The summed E-state index contributed by atoms with van der Waals surface area (Å²) in [6.45, 7) is 5.44. The van der Waals surface area contributed by atoms with E-state index in [1.54, 1.807) is 12.1 Å². The van der Waals surface area contributed by atoms with Crippen molar-refractivity contribution >= 4 is 11.9 Å². The van der Waals surface area contributed by atoms with E-state index in [4.69, 9.17) is 24.1 Å². The summed E-state index contributed by atoms with van der Waals surface area (Å²) >= 11 is 0. The minimum Gasteiger partial charge on any atom is -0.493 e. The van der Waals surface area contributed by atoms with Gasteiger partial charge in [0.1, 0.15) is 35.4 Å². The summed E-state index contributed by atoms with van der Waals surface area (Å²) in [5, 5.41) is 11.6. The lowest BCUT2D eigenvalue weighted by Gasteiger charge is -2.28. The Morgan fingerprint density at radius 1 is 0.918 bits per heavy atom. The molecule has 1 unspecified atom stereocenters. The number of hydrogen-bond donors (Lipinski definition) is 2. The predicted molar refractivity (Wildman–Crippen MR) is 186 cm³/mol. The number of nitrogens with one attached hydrogen (secondary N) is 1. The SMILES string of the molecule is CCCc1c(OCCCOc2cc(OCc3ccccc3)c(-c3ccc(F)cc3)cc2CC)ccc2c1OC(C(=O)NCCC(=O)O)CC2. The maximum atomic E-state index is 13.7. The predicted octanol–water partition coefficient (Wildman–Crippen LogP) is 7.72. The van der Waals surface area contributed by atoms with E-state index in [0.717, 1.165) is 64.1 Å². The lowest BCUT2D eigenvalue weighted by molar-refractivity contribution is -0.137. The third kappa shape index (κ3) is 9.53. The van der Waals surface area contributed by atoms with E-state index in [9.17, 15) is 14.0 Å². The molecule has 49 heavy (non-hydrogen) atoms. The highest BCUT2D eigenvalue weighted by atomic mass is 19.1. The molecule has 1 aliphatic rings. The second-order valence-corrected chi connectivity index (χ2v) is 12.0. The van der Waals surface area contributed by atoms with Gasteiger partial charge in [0.2, 0.25) is 0 Å². The number of benzene rings is 4. The van der Waals surface area contributed by atoms with Crippen LogP contribution in [-0.4, -0.2) is 42.8 Å². The van der Waals surface area contributed by atoms with Crippen molar-refractivity contribution in [1.29, 1.82) is 0 Å². The Bertz CT molecular complexity index is 1710. The molecule has 9 heteroatoms. The molecule has 0 spiro atoms. The summed E-state index contributed by atoms with van der Waals surface area (Å²) < 4.78 is 38.8. The molecule has 2 N–H and O–H groups in total. The van der Waals surface area contributed by atoms with Crippen LogP contribution < -0.4 is 24.3 Å². The Balaban J connectivity index is 1.24. The third-order valence-electron chi connectivity index (χ3n) is 8.41. The molecule has 5 rings (SSSR count). The van der Waals surface area contributed by atoms with Crippen molar-refractivity contribution in [2.75, 3.05) is 19.8 Å². The molecule has 0 fully saturated rings. The molecule has 0 aromatic heterocycles. The highest BCUT2D eigenvalue weighted by Crippen LogP contribution is 2.39. The van der Waals surface area contributed by atoms with Gasteiger partial charge in [-0.2, -0.15) is 0 Å². The number of halogens is 1. The van der Waals surface area contributed by atoms with Crippen LogP contribution in [-0.2, 0) is 35.5 Å². The Morgan fingerprint density at radius 3 is 2.39 bits per heavy atom. The fourth-order valence-corrected chi connectivity index (χ4v) is 5.85. The van der Waals surface area contributed by atoms with E-state index in [1.165, 1.54) is 12.1 Å². The standard InChI is InChI=1S/C40H44FNO7/c1-3-9-32-34(18-14-30-15-19-35(49-39(30)32)40(45)42-21-20-38(43)44)46-22-8-23-47-36-25-37(48-26-27-10-6-5-7-11-27)33(24-28(36)4-2)29-12-16-31(41)17-13-29/h5-7,10-14,16-18,24-25,35H,3-4,8-9,15,19-23,26H2,1-2H3,(H,42,45)(H,43,44). The van der Waals surface area contributed by atoms with E-state index < -0.39 is 12.1 Å². The van der Waals surface area contributed by atoms with Crippen LogP contribution in [0, 0.1) is 5.82 Å². The number of carboxylic acids is 1. The highest BCUT2D eigenvalue weighted by molar-refractivity contribution is 5.82. The van der Waals surface area contributed by atoms with Crippen molar-refractivity contribution in [2.24, 2.45) is 0 Å². The summed E-state index contributed by atoms with van der Waals surface area (Å²) in [5.41, 5.74) is 5.77. The molecule has 0 saturated heterocycles. The number of hydrogen-bond acceptors (Lipinski definition) is 6. The van der Waals surface area contributed by atoms with Gasteiger partial charge in [0.05, 0.1) is 19.6 Å². The zero-order chi connectivity index (χ0) is 34.6. The Kier molecular flexibility index (Phi) is 12.5. The Hall–Kier alpha value is -5.05. The van der Waals surface area contributed by atoms with Crippen molar-refractivity contribution in [3.8, 4) is 34.1 Å². The molecule has 4 aromatic rings. The normalized spacial score (nSPS) is 13.6. The zero-order valence-electron chi connectivity index (χ0n) is 28.1. The van der Waals surface area contributed by atoms with Crippen LogP contribution in [0.25, 0.3) is 11.1 Å². The molecule has 1 atom stereocenters. The van der Waals surface area contributed by atoms with Crippen LogP contribution in [0.1, 0.15) is 61.8 Å². The fraction of sp³-hybridized carbons (Fsp3) is 0.350. The monoisotopic (exact) mass is 669 g/mol. The summed E-state index contributed by atoms with van der Waals surface area (Å²) in [4.78, 5) is 23.5. The van der Waals surface area contributed by atoms with Gasteiger partial charge in [-0.05, 0) is 72.2 Å². The van der Waals surface area contributed by atoms with Crippen LogP contribution in [0.3, 0.4) is 0 Å². The van der Waals surface area contributed by atoms with Crippen molar-refractivity contribution in [2.45, 2.75) is 71.5 Å². The quantitative estimate of drug-likeness (QED) is 0.111. The van der Waals surface area contributed by atoms with E-state index in [1.807, 2.05) is 48.5 Å². The van der Waals surface area contributed by atoms with Crippen LogP contribution in [0.15, 0.2) is 78.9 Å². The molecule has 0 radical (unpaired) electrons. The first kappa shape index (κ1) is 35.3. The number of aliphatic carboxylic acids is 1. The zero-order valence-corrected chi connectivity index (χ0v) is 28.1.